The molecule has 24 heavy (non-hydrogen) atoms. The molecule has 1 fully saturated rings. The Morgan fingerprint density at radius 3 is 2.38 bits per heavy atom. The Labute approximate surface area is 155 Å². The highest BCUT2D eigenvalue weighted by atomic mass is 35.5. The first-order chi connectivity index (χ1) is 11.4. The fourth-order valence-electron chi connectivity index (χ4n) is 2.58. The van der Waals surface area contributed by atoms with Crippen LogP contribution in [0.15, 0.2) is 47.4 Å². The third kappa shape index (κ3) is 3.87. The first kappa shape index (κ1) is 18.0. The van der Waals surface area contributed by atoms with E-state index in [2.05, 4.69) is 0 Å². The van der Waals surface area contributed by atoms with Crippen molar-refractivity contribution >= 4 is 44.8 Å². The summed E-state index contributed by atoms with van der Waals surface area (Å²) >= 11 is 18.0. The number of benzene rings is 2. The van der Waals surface area contributed by atoms with Crippen molar-refractivity contribution in [3.8, 4) is 0 Å². The molecule has 0 radical (unpaired) electrons. The van der Waals surface area contributed by atoms with Crippen molar-refractivity contribution in [2.45, 2.75) is 11.0 Å². The molecule has 4 nitrogen and oxygen atoms in total. The summed E-state index contributed by atoms with van der Waals surface area (Å²) in [4.78, 5) is 0.166. The van der Waals surface area contributed by atoms with Crippen LogP contribution in [0.3, 0.4) is 0 Å². The van der Waals surface area contributed by atoms with Gasteiger partial charge in [-0.1, -0.05) is 40.9 Å². The first-order valence-corrected chi connectivity index (χ1v) is 9.77. The number of hydrogen-bond acceptors (Lipinski definition) is 3. The molecule has 1 aliphatic rings. The molecule has 1 unspecified atom stereocenters. The van der Waals surface area contributed by atoms with Crippen LogP contribution in [-0.2, 0) is 14.8 Å². The van der Waals surface area contributed by atoms with Gasteiger partial charge in [0.05, 0.1) is 17.6 Å². The molecule has 2 aromatic rings. The molecule has 128 valence electrons. The SMILES string of the molecule is O=S(=O)(c1cccc(Cl)c1)N1CCOC(c2cc(Cl)cc(Cl)c2)C1. The molecule has 1 aliphatic heterocycles. The highest BCUT2D eigenvalue weighted by molar-refractivity contribution is 7.89. The smallest absolute Gasteiger partial charge is 0.243 e. The fraction of sp³-hybridized carbons (Fsp3) is 0.250. The predicted octanol–water partition coefficient (Wildman–Crippen LogP) is 4.41. The van der Waals surface area contributed by atoms with E-state index in [9.17, 15) is 8.42 Å². The van der Waals surface area contributed by atoms with Crippen molar-refractivity contribution in [1.29, 1.82) is 0 Å². The minimum Gasteiger partial charge on any atom is -0.371 e. The van der Waals surface area contributed by atoms with Crippen molar-refractivity contribution < 1.29 is 13.2 Å². The molecule has 3 rings (SSSR count). The van der Waals surface area contributed by atoms with E-state index in [0.29, 0.717) is 15.1 Å². The van der Waals surface area contributed by atoms with Gasteiger partial charge in [-0.3, -0.25) is 0 Å². The van der Waals surface area contributed by atoms with E-state index in [4.69, 9.17) is 39.5 Å². The lowest BCUT2D eigenvalue weighted by atomic mass is 10.1. The number of hydrogen-bond donors (Lipinski definition) is 0. The lowest BCUT2D eigenvalue weighted by Crippen LogP contribution is -2.42. The first-order valence-electron chi connectivity index (χ1n) is 7.19. The monoisotopic (exact) mass is 405 g/mol. The Bertz CT molecular complexity index is 837. The number of nitrogens with zero attached hydrogens (tertiary/aromatic N) is 1. The number of rotatable bonds is 3. The van der Waals surface area contributed by atoms with Crippen molar-refractivity contribution in [2.24, 2.45) is 0 Å². The lowest BCUT2D eigenvalue weighted by molar-refractivity contribution is -0.00254. The third-order valence-electron chi connectivity index (χ3n) is 3.72. The zero-order chi connectivity index (χ0) is 17.3. The fourth-order valence-corrected chi connectivity index (χ4v) is 4.85. The normalized spacial score (nSPS) is 19.4. The van der Waals surface area contributed by atoms with E-state index in [1.165, 1.54) is 16.4 Å². The zero-order valence-electron chi connectivity index (χ0n) is 12.5. The van der Waals surface area contributed by atoms with Crippen LogP contribution < -0.4 is 0 Å². The van der Waals surface area contributed by atoms with Gasteiger partial charge in [0.15, 0.2) is 0 Å². The summed E-state index contributed by atoms with van der Waals surface area (Å²) in [5.74, 6) is 0. The Balaban J connectivity index is 1.87. The van der Waals surface area contributed by atoms with Crippen molar-refractivity contribution in [3.05, 3.63) is 63.1 Å². The Kier molecular flexibility index (Phi) is 5.39. The molecular formula is C16H14Cl3NO3S. The van der Waals surface area contributed by atoms with Crippen molar-refractivity contribution in [1.82, 2.24) is 4.31 Å². The second-order valence-corrected chi connectivity index (χ2v) is 8.63. The van der Waals surface area contributed by atoms with E-state index in [0.717, 1.165) is 5.56 Å². The molecule has 1 atom stereocenters. The maximum absolute atomic E-state index is 12.8. The third-order valence-corrected chi connectivity index (χ3v) is 6.25. The van der Waals surface area contributed by atoms with Crippen molar-refractivity contribution in [3.63, 3.8) is 0 Å². The van der Waals surface area contributed by atoms with E-state index < -0.39 is 16.1 Å². The topological polar surface area (TPSA) is 46.6 Å². The number of ether oxygens (including phenoxy) is 1. The molecule has 0 spiro atoms. The van der Waals surface area contributed by atoms with Crippen LogP contribution >= 0.6 is 34.8 Å². The molecule has 8 heteroatoms. The number of sulfonamides is 1. The van der Waals surface area contributed by atoms with Crippen LogP contribution in [0.25, 0.3) is 0 Å². The molecule has 0 bridgehead atoms. The van der Waals surface area contributed by atoms with E-state index >= 15 is 0 Å². The van der Waals surface area contributed by atoms with Crippen LogP contribution in [0.5, 0.6) is 0 Å². The average molecular weight is 407 g/mol. The van der Waals surface area contributed by atoms with E-state index in [1.807, 2.05) is 0 Å². The van der Waals surface area contributed by atoms with Gasteiger partial charge in [0.2, 0.25) is 10.0 Å². The van der Waals surface area contributed by atoms with Crippen LogP contribution in [0.1, 0.15) is 11.7 Å². The van der Waals surface area contributed by atoms with Gasteiger partial charge in [-0.25, -0.2) is 8.42 Å². The van der Waals surface area contributed by atoms with Gasteiger partial charge in [-0.15, -0.1) is 0 Å². The molecule has 0 N–H and O–H groups in total. The summed E-state index contributed by atoms with van der Waals surface area (Å²) < 4.78 is 32.7. The second kappa shape index (κ2) is 7.20. The Morgan fingerprint density at radius 1 is 1.00 bits per heavy atom. The molecule has 0 aliphatic carbocycles. The molecular weight excluding hydrogens is 393 g/mol. The van der Waals surface area contributed by atoms with Gasteiger partial charge < -0.3 is 4.74 Å². The number of halogens is 3. The highest BCUT2D eigenvalue weighted by Gasteiger charge is 2.31. The molecule has 0 saturated carbocycles. The van der Waals surface area contributed by atoms with Gasteiger partial charge in [0, 0.05) is 28.2 Å². The minimum atomic E-state index is -3.64. The summed E-state index contributed by atoms with van der Waals surface area (Å²) in [6.45, 7) is 0.750. The maximum Gasteiger partial charge on any atom is 0.243 e. The van der Waals surface area contributed by atoms with Crippen LogP contribution in [0, 0.1) is 0 Å². The Morgan fingerprint density at radius 2 is 1.71 bits per heavy atom. The average Bonchev–Trinajstić information content (AvgIpc) is 2.54. The van der Waals surface area contributed by atoms with Crippen LogP contribution in [0.2, 0.25) is 15.1 Å². The van der Waals surface area contributed by atoms with Gasteiger partial charge in [-0.2, -0.15) is 4.31 Å². The quantitative estimate of drug-likeness (QED) is 0.758. The summed E-state index contributed by atoms with van der Waals surface area (Å²) in [5.41, 5.74) is 0.749. The van der Waals surface area contributed by atoms with Crippen molar-refractivity contribution in [2.75, 3.05) is 19.7 Å². The minimum absolute atomic E-state index is 0.166. The zero-order valence-corrected chi connectivity index (χ0v) is 15.5. The molecule has 0 amide bonds. The largest absolute Gasteiger partial charge is 0.371 e. The summed E-state index contributed by atoms with van der Waals surface area (Å²) in [5, 5.41) is 1.34. The summed E-state index contributed by atoms with van der Waals surface area (Å²) in [6.07, 6.45) is -0.427. The standard InChI is InChI=1S/C16H14Cl3NO3S/c17-12-2-1-3-15(9-12)24(21,22)20-4-5-23-16(10-20)11-6-13(18)8-14(19)7-11/h1-3,6-9,16H,4-5,10H2. The lowest BCUT2D eigenvalue weighted by Gasteiger charge is -2.32. The van der Waals surface area contributed by atoms with Crippen LogP contribution in [-0.4, -0.2) is 32.4 Å². The molecule has 0 aromatic heterocycles. The van der Waals surface area contributed by atoms with Gasteiger partial charge >= 0.3 is 0 Å². The predicted molar refractivity (Wildman–Crippen MR) is 95.4 cm³/mol. The second-order valence-electron chi connectivity index (χ2n) is 5.38. The van der Waals surface area contributed by atoms with Gasteiger partial charge in [0.25, 0.3) is 0 Å². The molecule has 2 aromatic carbocycles. The molecule has 1 saturated heterocycles. The van der Waals surface area contributed by atoms with Crippen LogP contribution in [0.4, 0.5) is 0 Å². The maximum atomic E-state index is 12.8. The van der Waals surface area contributed by atoms with Gasteiger partial charge in [0.1, 0.15) is 0 Å². The summed E-state index contributed by atoms with van der Waals surface area (Å²) in [7, 11) is -3.64. The highest BCUT2D eigenvalue weighted by Crippen LogP contribution is 2.30. The molecule has 1 heterocycles. The number of morpholine rings is 1. The van der Waals surface area contributed by atoms with E-state index in [1.54, 1.807) is 30.3 Å². The Hall–Kier alpha value is -0.820. The van der Waals surface area contributed by atoms with Gasteiger partial charge in [-0.05, 0) is 42.0 Å². The van der Waals surface area contributed by atoms with E-state index in [-0.39, 0.29) is 24.6 Å². The summed E-state index contributed by atoms with van der Waals surface area (Å²) in [6, 6.07) is 11.3.